The summed E-state index contributed by atoms with van der Waals surface area (Å²) in [6.45, 7) is 0. The Kier molecular flexibility index (Phi) is 2.46. The van der Waals surface area contributed by atoms with E-state index in [1.165, 1.54) is 0 Å². The Hall–Kier alpha value is -2.39. The highest BCUT2D eigenvalue weighted by Gasteiger charge is 2.05. The fourth-order valence-corrected chi connectivity index (χ4v) is 2.22. The molecule has 0 aliphatic rings. The van der Waals surface area contributed by atoms with Gasteiger partial charge in [0.25, 0.3) is 0 Å². The van der Waals surface area contributed by atoms with Crippen molar-refractivity contribution in [3.63, 3.8) is 0 Å². The second-order valence-corrected chi connectivity index (χ2v) is 4.13. The van der Waals surface area contributed by atoms with E-state index in [-0.39, 0.29) is 5.43 Å². The van der Waals surface area contributed by atoms with Crippen molar-refractivity contribution in [3.8, 4) is 0 Å². The Balaban J connectivity index is 2.69. The number of nitrogens with one attached hydrogen (secondary N) is 1. The van der Waals surface area contributed by atoms with Gasteiger partial charge in [0.15, 0.2) is 5.43 Å². The van der Waals surface area contributed by atoms with Gasteiger partial charge >= 0.3 is 0 Å². The molecule has 3 aromatic carbocycles. The summed E-state index contributed by atoms with van der Waals surface area (Å²) in [4.78, 5) is 12.4. The van der Waals surface area contributed by atoms with E-state index in [4.69, 9.17) is 0 Å². The first-order chi connectivity index (χ1) is 8.81. The molecule has 0 unspecified atom stereocenters. The molecule has 0 amide bonds. The van der Waals surface area contributed by atoms with Crippen LogP contribution in [0.2, 0.25) is 0 Å². The van der Waals surface area contributed by atoms with Crippen LogP contribution in [0.25, 0.3) is 21.5 Å². The van der Waals surface area contributed by atoms with Gasteiger partial charge in [-0.25, -0.2) is 0 Å². The highest BCUT2D eigenvalue weighted by molar-refractivity contribution is 6.00. The van der Waals surface area contributed by atoms with Crippen LogP contribution in [0, 0.1) is 0 Å². The fourth-order valence-electron chi connectivity index (χ4n) is 2.22. The molecular formula is C15H11NO2. The summed E-state index contributed by atoms with van der Waals surface area (Å²) in [5, 5.41) is 12.0. The van der Waals surface area contributed by atoms with Crippen LogP contribution >= 0.6 is 0 Å². The maximum atomic E-state index is 12.4. The summed E-state index contributed by atoms with van der Waals surface area (Å²) >= 11 is 0. The molecule has 0 atom stereocenters. The summed E-state index contributed by atoms with van der Waals surface area (Å²) in [6.07, 6.45) is 0. The van der Waals surface area contributed by atoms with E-state index >= 15 is 0 Å². The van der Waals surface area contributed by atoms with Gasteiger partial charge in [0.1, 0.15) is 0 Å². The van der Waals surface area contributed by atoms with Crippen molar-refractivity contribution in [2.24, 2.45) is 0 Å². The number of hydrogen-bond acceptors (Lipinski definition) is 3. The molecule has 0 heterocycles. The second kappa shape index (κ2) is 4.13. The summed E-state index contributed by atoms with van der Waals surface area (Å²) < 4.78 is 0. The van der Waals surface area contributed by atoms with Gasteiger partial charge in [-0.2, -0.15) is 0 Å². The topological polar surface area (TPSA) is 49.3 Å². The average Bonchev–Trinajstić information content (AvgIpc) is 2.55. The minimum absolute atomic E-state index is 0.0253. The Morgan fingerprint density at radius 1 is 0.833 bits per heavy atom. The Morgan fingerprint density at radius 2 is 1.44 bits per heavy atom. The lowest BCUT2D eigenvalue weighted by molar-refractivity contribution is 0.390. The number of fused-ring (bicyclic) bond motifs is 2. The summed E-state index contributed by atoms with van der Waals surface area (Å²) in [7, 11) is 0. The van der Waals surface area contributed by atoms with Crippen molar-refractivity contribution in [1.82, 2.24) is 0 Å². The normalized spacial score (nSPS) is 10.7. The minimum Gasteiger partial charge on any atom is -0.291 e. The SMILES string of the molecule is O=c1c2ccccc2cc(NO)c2ccccc12. The van der Waals surface area contributed by atoms with Gasteiger partial charge in [-0.1, -0.05) is 48.5 Å². The van der Waals surface area contributed by atoms with Gasteiger partial charge in [-0.3, -0.25) is 15.5 Å². The zero-order valence-corrected chi connectivity index (χ0v) is 9.55. The van der Waals surface area contributed by atoms with Gasteiger partial charge in [-0.05, 0) is 11.5 Å². The summed E-state index contributed by atoms with van der Waals surface area (Å²) in [5.74, 6) is 0. The molecule has 18 heavy (non-hydrogen) atoms. The molecule has 0 fully saturated rings. The molecule has 0 aliphatic heterocycles. The van der Waals surface area contributed by atoms with Crippen LogP contribution in [0.3, 0.4) is 0 Å². The van der Waals surface area contributed by atoms with Crippen LogP contribution in [-0.4, -0.2) is 5.21 Å². The van der Waals surface area contributed by atoms with Crippen LogP contribution in [0.5, 0.6) is 0 Å². The lowest BCUT2D eigenvalue weighted by Crippen LogP contribution is -1.98. The van der Waals surface area contributed by atoms with E-state index in [2.05, 4.69) is 5.48 Å². The van der Waals surface area contributed by atoms with Gasteiger partial charge in [0.05, 0.1) is 5.69 Å². The smallest absolute Gasteiger partial charge is 0.194 e. The molecule has 0 radical (unpaired) electrons. The predicted octanol–water partition coefficient (Wildman–Crippen LogP) is 3.15. The number of anilines is 1. The maximum absolute atomic E-state index is 12.4. The van der Waals surface area contributed by atoms with Gasteiger partial charge in [-0.15, -0.1) is 0 Å². The van der Waals surface area contributed by atoms with Crippen LogP contribution in [0.15, 0.2) is 59.4 Å². The highest BCUT2D eigenvalue weighted by atomic mass is 16.5. The molecule has 0 aliphatic carbocycles. The molecule has 3 aromatic rings. The number of benzene rings is 2. The quantitative estimate of drug-likeness (QED) is 0.639. The molecule has 3 rings (SSSR count). The molecule has 0 saturated heterocycles. The van der Waals surface area contributed by atoms with E-state index in [9.17, 15) is 10.0 Å². The zero-order valence-electron chi connectivity index (χ0n) is 9.55. The number of rotatable bonds is 1. The van der Waals surface area contributed by atoms with Crippen LogP contribution < -0.4 is 10.9 Å². The van der Waals surface area contributed by atoms with Gasteiger partial charge < -0.3 is 0 Å². The third-order valence-corrected chi connectivity index (χ3v) is 3.09. The fraction of sp³-hybridized carbons (Fsp3) is 0. The van der Waals surface area contributed by atoms with Crippen molar-refractivity contribution in [3.05, 3.63) is 64.8 Å². The van der Waals surface area contributed by atoms with Crippen molar-refractivity contribution in [2.45, 2.75) is 0 Å². The number of hydrogen-bond donors (Lipinski definition) is 2. The van der Waals surface area contributed by atoms with E-state index < -0.39 is 0 Å². The van der Waals surface area contributed by atoms with Crippen molar-refractivity contribution >= 4 is 27.2 Å². The zero-order chi connectivity index (χ0) is 12.5. The van der Waals surface area contributed by atoms with Crippen LogP contribution in [-0.2, 0) is 0 Å². The minimum atomic E-state index is -0.0253. The van der Waals surface area contributed by atoms with Crippen molar-refractivity contribution in [2.75, 3.05) is 5.48 Å². The molecule has 88 valence electrons. The molecule has 3 nitrogen and oxygen atoms in total. The third kappa shape index (κ3) is 1.53. The standard InChI is InChI=1S/C15H11NO2/c17-15-11-6-2-1-5-10(11)9-14(16-18)12-7-3-4-8-13(12)15/h1-9,16,18H. The first-order valence-electron chi connectivity index (χ1n) is 5.66. The Labute approximate surface area is 103 Å². The van der Waals surface area contributed by atoms with Crippen molar-refractivity contribution < 1.29 is 5.21 Å². The van der Waals surface area contributed by atoms with Crippen molar-refractivity contribution in [1.29, 1.82) is 0 Å². The third-order valence-electron chi connectivity index (χ3n) is 3.09. The summed E-state index contributed by atoms with van der Waals surface area (Å²) in [5.41, 5.74) is 2.68. The Morgan fingerprint density at radius 3 is 2.17 bits per heavy atom. The van der Waals surface area contributed by atoms with Gasteiger partial charge in [0, 0.05) is 16.2 Å². The molecular weight excluding hydrogens is 226 g/mol. The molecule has 3 heteroatoms. The van der Waals surface area contributed by atoms with Crippen LogP contribution in [0.4, 0.5) is 5.69 Å². The van der Waals surface area contributed by atoms with E-state index in [0.29, 0.717) is 21.8 Å². The largest absolute Gasteiger partial charge is 0.291 e. The molecule has 0 aromatic heterocycles. The second-order valence-electron chi connectivity index (χ2n) is 4.13. The molecule has 0 spiro atoms. The summed E-state index contributed by atoms with van der Waals surface area (Å²) in [6, 6.07) is 16.4. The lowest BCUT2D eigenvalue weighted by atomic mass is 10.1. The Bertz CT molecular complexity index is 797. The average molecular weight is 237 g/mol. The molecule has 0 bridgehead atoms. The lowest BCUT2D eigenvalue weighted by Gasteiger charge is -1.98. The first-order valence-corrected chi connectivity index (χ1v) is 5.66. The van der Waals surface area contributed by atoms with Gasteiger partial charge in [0.2, 0.25) is 0 Å². The maximum Gasteiger partial charge on any atom is 0.194 e. The molecule has 0 saturated carbocycles. The first kappa shape index (κ1) is 10.7. The highest BCUT2D eigenvalue weighted by Crippen LogP contribution is 2.23. The van der Waals surface area contributed by atoms with E-state index in [1.807, 2.05) is 36.4 Å². The van der Waals surface area contributed by atoms with E-state index in [0.717, 1.165) is 5.39 Å². The predicted molar refractivity (Wildman–Crippen MR) is 73.1 cm³/mol. The molecule has 2 N–H and O–H groups in total. The monoisotopic (exact) mass is 237 g/mol. The van der Waals surface area contributed by atoms with E-state index in [1.54, 1.807) is 18.2 Å². The van der Waals surface area contributed by atoms with Crippen LogP contribution in [0.1, 0.15) is 0 Å².